The molecule has 130 valence electrons. The monoisotopic (exact) mass is 370 g/mol. The van der Waals surface area contributed by atoms with Crippen LogP contribution in [0.5, 0.6) is 0 Å². The van der Waals surface area contributed by atoms with Crippen LogP contribution >= 0.6 is 11.8 Å². The van der Waals surface area contributed by atoms with Gasteiger partial charge in [-0.1, -0.05) is 0 Å². The molecular formula is C16H10N4O5S. The van der Waals surface area contributed by atoms with E-state index in [9.17, 15) is 19.7 Å². The highest BCUT2D eigenvalue weighted by atomic mass is 32.2. The van der Waals surface area contributed by atoms with Crippen molar-refractivity contribution in [2.24, 2.45) is 7.05 Å². The summed E-state index contributed by atoms with van der Waals surface area (Å²) < 4.78 is 6.84. The smallest absolute Gasteiger partial charge is 0.401 e. The molecule has 0 saturated carbocycles. The number of aryl methyl sites for hydroxylation is 1. The molecule has 1 aliphatic rings. The van der Waals surface area contributed by atoms with Crippen molar-refractivity contribution in [1.82, 2.24) is 9.55 Å². The first kappa shape index (κ1) is 16.1. The second-order valence-corrected chi connectivity index (χ2v) is 6.47. The van der Waals surface area contributed by atoms with Crippen LogP contribution in [0.25, 0.3) is 17.1 Å². The number of amides is 2. The molecule has 0 spiro atoms. The van der Waals surface area contributed by atoms with E-state index in [1.165, 1.54) is 18.2 Å². The zero-order valence-electron chi connectivity index (χ0n) is 13.3. The summed E-state index contributed by atoms with van der Waals surface area (Å²) in [5.74, 6) is -0.826. The fourth-order valence-electron chi connectivity index (χ4n) is 2.60. The Kier molecular flexibility index (Phi) is 3.62. The van der Waals surface area contributed by atoms with Crippen molar-refractivity contribution in [3.63, 3.8) is 0 Å². The number of aromatic nitrogens is 2. The lowest BCUT2D eigenvalue weighted by atomic mass is 10.2. The van der Waals surface area contributed by atoms with Crippen molar-refractivity contribution in [2.45, 2.75) is 0 Å². The molecule has 0 N–H and O–H groups in total. The van der Waals surface area contributed by atoms with Crippen molar-refractivity contribution >= 4 is 51.6 Å². The van der Waals surface area contributed by atoms with Crippen LogP contribution in [0.2, 0.25) is 0 Å². The SMILES string of the molecule is Cn1cnc2cc(N3C(=O)S/C(=C\c4ccc([N+](=O)[O-])o4)C3=O)ccc21. The number of hydrogen-bond acceptors (Lipinski definition) is 7. The van der Waals surface area contributed by atoms with Gasteiger partial charge in [-0.3, -0.25) is 19.7 Å². The summed E-state index contributed by atoms with van der Waals surface area (Å²) in [7, 11) is 1.85. The molecule has 3 aromatic rings. The molecule has 9 nitrogen and oxygen atoms in total. The van der Waals surface area contributed by atoms with Crippen LogP contribution in [0, 0.1) is 10.1 Å². The van der Waals surface area contributed by atoms with Gasteiger partial charge in [0.05, 0.1) is 34.0 Å². The number of fused-ring (bicyclic) bond motifs is 1. The number of anilines is 1. The van der Waals surface area contributed by atoms with Gasteiger partial charge >= 0.3 is 5.88 Å². The zero-order chi connectivity index (χ0) is 18.4. The van der Waals surface area contributed by atoms with Crippen LogP contribution < -0.4 is 4.90 Å². The van der Waals surface area contributed by atoms with Crippen LogP contribution in [0.1, 0.15) is 5.76 Å². The highest BCUT2D eigenvalue weighted by Crippen LogP contribution is 2.37. The number of thioether (sulfide) groups is 1. The third kappa shape index (κ3) is 2.56. The predicted molar refractivity (Wildman–Crippen MR) is 94.5 cm³/mol. The van der Waals surface area contributed by atoms with Gasteiger partial charge in [0.2, 0.25) is 0 Å². The van der Waals surface area contributed by atoms with Gasteiger partial charge in [-0.05, 0) is 36.0 Å². The standard InChI is InChI=1S/C16H10N4O5S/c1-18-8-17-11-6-9(2-4-12(11)18)19-15(21)13(26-16(19)22)7-10-3-5-14(25-10)20(23)24/h2-8H,1H3/b13-7-. The van der Waals surface area contributed by atoms with Crippen LogP contribution in [0.15, 0.2) is 46.0 Å². The summed E-state index contributed by atoms with van der Waals surface area (Å²) in [6.45, 7) is 0. The molecule has 0 radical (unpaired) electrons. The Morgan fingerprint density at radius 2 is 2.08 bits per heavy atom. The molecule has 0 aliphatic carbocycles. The van der Waals surface area contributed by atoms with Gasteiger partial charge in [-0.2, -0.15) is 0 Å². The Labute approximate surface area is 150 Å². The van der Waals surface area contributed by atoms with Crippen LogP contribution in [-0.2, 0) is 11.8 Å². The number of benzene rings is 1. The summed E-state index contributed by atoms with van der Waals surface area (Å²) in [6, 6.07) is 7.66. The van der Waals surface area contributed by atoms with Crippen LogP contribution in [0.4, 0.5) is 16.4 Å². The van der Waals surface area contributed by atoms with Gasteiger partial charge in [0.15, 0.2) is 0 Å². The Bertz CT molecular complexity index is 1110. The number of furan rings is 1. The minimum Gasteiger partial charge on any atom is -0.401 e. The van der Waals surface area contributed by atoms with E-state index in [-0.39, 0.29) is 10.7 Å². The molecular weight excluding hydrogens is 360 g/mol. The van der Waals surface area contributed by atoms with Gasteiger partial charge in [0.25, 0.3) is 11.1 Å². The molecule has 1 aliphatic heterocycles. The predicted octanol–water partition coefficient (Wildman–Crippen LogP) is 3.32. The third-order valence-electron chi connectivity index (χ3n) is 3.83. The highest BCUT2D eigenvalue weighted by Gasteiger charge is 2.36. The molecule has 1 aromatic carbocycles. The van der Waals surface area contributed by atoms with Gasteiger partial charge in [0.1, 0.15) is 10.7 Å². The molecule has 0 unspecified atom stereocenters. The van der Waals surface area contributed by atoms with Crippen LogP contribution in [-0.4, -0.2) is 25.6 Å². The molecule has 2 amide bonds. The first-order valence-electron chi connectivity index (χ1n) is 7.37. The minimum atomic E-state index is -0.675. The lowest BCUT2D eigenvalue weighted by molar-refractivity contribution is -0.402. The summed E-state index contributed by atoms with van der Waals surface area (Å²) >= 11 is 0.743. The van der Waals surface area contributed by atoms with Crippen molar-refractivity contribution in [3.05, 3.63) is 57.4 Å². The molecule has 0 bridgehead atoms. The van der Waals surface area contributed by atoms with Crippen molar-refractivity contribution < 1.29 is 18.9 Å². The number of nitrogens with zero attached hydrogens (tertiary/aromatic N) is 4. The fraction of sp³-hybridized carbons (Fsp3) is 0.0625. The number of carbonyl (C=O) groups is 2. The largest absolute Gasteiger partial charge is 0.433 e. The number of carbonyl (C=O) groups excluding carboxylic acids is 2. The number of hydrogen-bond donors (Lipinski definition) is 0. The molecule has 1 saturated heterocycles. The average molecular weight is 370 g/mol. The maximum absolute atomic E-state index is 12.6. The second kappa shape index (κ2) is 5.85. The van der Waals surface area contributed by atoms with E-state index in [1.54, 1.807) is 24.5 Å². The van der Waals surface area contributed by atoms with E-state index in [0.29, 0.717) is 11.2 Å². The van der Waals surface area contributed by atoms with E-state index in [2.05, 4.69) is 4.98 Å². The maximum Gasteiger partial charge on any atom is 0.433 e. The normalized spacial score (nSPS) is 16.2. The average Bonchev–Trinajstić information content (AvgIpc) is 3.28. The molecule has 10 heteroatoms. The quantitative estimate of drug-likeness (QED) is 0.395. The third-order valence-corrected chi connectivity index (χ3v) is 4.70. The van der Waals surface area contributed by atoms with E-state index >= 15 is 0 Å². The van der Waals surface area contributed by atoms with E-state index < -0.39 is 22.0 Å². The topological polar surface area (TPSA) is 111 Å². The van der Waals surface area contributed by atoms with Gasteiger partial charge < -0.3 is 8.98 Å². The fourth-order valence-corrected chi connectivity index (χ4v) is 3.42. The zero-order valence-corrected chi connectivity index (χ0v) is 14.1. The maximum atomic E-state index is 12.6. The Morgan fingerprint density at radius 1 is 1.27 bits per heavy atom. The summed E-state index contributed by atoms with van der Waals surface area (Å²) in [5, 5.41) is 10.2. The number of rotatable bonds is 3. The molecule has 26 heavy (non-hydrogen) atoms. The van der Waals surface area contributed by atoms with E-state index in [4.69, 9.17) is 4.42 Å². The van der Waals surface area contributed by atoms with Crippen LogP contribution in [0.3, 0.4) is 0 Å². The second-order valence-electron chi connectivity index (χ2n) is 5.48. The molecule has 2 aromatic heterocycles. The molecule has 3 heterocycles. The number of imidazole rings is 1. The Morgan fingerprint density at radius 3 is 2.81 bits per heavy atom. The lowest BCUT2D eigenvalue weighted by Crippen LogP contribution is -2.27. The molecule has 4 rings (SSSR count). The van der Waals surface area contributed by atoms with Crippen molar-refractivity contribution in [2.75, 3.05) is 4.90 Å². The lowest BCUT2D eigenvalue weighted by Gasteiger charge is -2.12. The van der Waals surface area contributed by atoms with Crippen molar-refractivity contribution in [1.29, 1.82) is 0 Å². The highest BCUT2D eigenvalue weighted by molar-refractivity contribution is 8.19. The Hall–Kier alpha value is -3.40. The molecule has 0 atom stereocenters. The first-order valence-corrected chi connectivity index (χ1v) is 8.19. The number of imide groups is 1. The van der Waals surface area contributed by atoms with Crippen molar-refractivity contribution in [3.8, 4) is 0 Å². The summed E-state index contributed by atoms with van der Waals surface area (Å²) in [6.07, 6.45) is 2.96. The Balaban J connectivity index is 1.67. The summed E-state index contributed by atoms with van der Waals surface area (Å²) in [5.41, 5.74) is 1.95. The van der Waals surface area contributed by atoms with E-state index in [0.717, 1.165) is 22.2 Å². The number of nitro groups is 1. The van der Waals surface area contributed by atoms with Gasteiger partial charge in [0, 0.05) is 13.1 Å². The molecule has 1 fully saturated rings. The minimum absolute atomic E-state index is 0.125. The van der Waals surface area contributed by atoms with Gasteiger partial charge in [-0.25, -0.2) is 9.88 Å². The summed E-state index contributed by atoms with van der Waals surface area (Å²) in [4.78, 5) is 40.3. The van der Waals surface area contributed by atoms with Gasteiger partial charge in [-0.15, -0.1) is 0 Å². The first-order chi connectivity index (χ1) is 12.4. The van der Waals surface area contributed by atoms with E-state index in [1.807, 2.05) is 11.6 Å².